The molecular weight excluding hydrogens is 392 g/mol. The van der Waals surface area contributed by atoms with Gasteiger partial charge < -0.3 is 19.6 Å². The van der Waals surface area contributed by atoms with Crippen LogP contribution in [-0.4, -0.2) is 65.6 Å². The average molecular weight is 421 g/mol. The first kappa shape index (κ1) is 20.1. The third kappa shape index (κ3) is 3.39. The molecule has 0 radical (unpaired) electrons. The highest BCUT2D eigenvalue weighted by atomic mass is 16.5. The van der Waals surface area contributed by atoms with Crippen molar-refractivity contribution in [2.45, 2.75) is 37.3 Å². The van der Waals surface area contributed by atoms with E-state index in [1.807, 2.05) is 24.3 Å². The Labute approximate surface area is 182 Å². The minimum atomic E-state index is -0.221. The van der Waals surface area contributed by atoms with Crippen LogP contribution < -0.4 is 4.74 Å². The van der Waals surface area contributed by atoms with E-state index in [1.165, 1.54) is 0 Å². The summed E-state index contributed by atoms with van der Waals surface area (Å²) in [5.41, 5.74) is 3.25. The number of piperazine rings is 1. The SMILES string of the molecule is COc1cccc(-c2ccc([C@@H]3[C@@H](CO)N4C(=O)CN(C(=O)C5CCC5)C[C@@H]34)cc2)c1. The molecule has 6 heteroatoms. The summed E-state index contributed by atoms with van der Waals surface area (Å²) in [5, 5.41) is 9.99. The largest absolute Gasteiger partial charge is 0.497 e. The zero-order chi connectivity index (χ0) is 21.5. The van der Waals surface area contributed by atoms with Crippen molar-refractivity contribution in [2.75, 3.05) is 26.8 Å². The number of carbonyl (C=O) groups is 2. The Kier molecular flexibility index (Phi) is 5.18. The molecule has 1 N–H and O–H groups in total. The van der Waals surface area contributed by atoms with Gasteiger partial charge >= 0.3 is 0 Å². The summed E-state index contributed by atoms with van der Waals surface area (Å²) < 4.78 is 5.32. The van der Waals surface area contributed by atoms with E-state index in [0.717, 1.165) is 41.7 Å². The van der Waals surface area contributed by atoms with Gasteiger partial charge in [-0.2, -0.15) is 0 Å². The summed E-state index contributed by atoms with van der Waals surface area (Å²) in [7, 11) is 1.66. The number of benzene rings is 2. The second-order valence-electron chi connectivity index (χ2n) is 8.84. The maximum atomic E-state index is 12.8. The van der Waals surface area contributed by atoms with Crippen LogP contribution in [0.4, 0.5) is 0 Å². The van der Waals surface area contributed by atoms with Crippen molar-refractivity contribution in [3.8, 4) is 16.9 Å². The van der Waals surface area contributed by atoms with Crippen LogP contribution in [0.5, 0.6) is 5.75 Å². The normalized spacial score (nSPS) is 25.5. The summed E-state index contributed by atoms with van der Waals surface area (Å²) in [6, 6.07) is 16.0. The van der Waals surface area contributed by atoms with Gasteiger partial charge in [-0.05, 0) is 41.7 Å². The van der Waals surface area contributed by atoms with Crippen LogP contribution in [0.15, 0.2) is 48.5 Å². The maximum absolute atomic E-state index is 12.8. The Hall–Kier alpha value is -2.86. The molecule has 2 saturated heterocycles. The number of hydrogen-bond donors (Lipinski definition) is 1. The molecular formula is C25H28N2O4. The van der Waals surface area contributed by atoms with Gasteiger partial charge in [-0.3, -0.25) is 9.59 Å². The third-order valence-corrected chi connectivity index (χ3v) is 7.22. The van der Waals surface area contributed by atoms with E-state index in [2.05, 4.69) is 24.3 Å². The fourth-order valence-electron chi connectivity index (χ4n) is 5.28. The molecule has 1 aliphatic carbocycles. The molecule has 3 aliphatic rings. The second kappa shape index (κ2) is 8.00. The molecule has 162 valence electrons. The van der Waals surface area contributed by atoms with Crippen LogP contribution in [0.1, 0.15) is 30.7 Å². The summed E-state index contributed by atoms with van der Waals surface area (Å²) in [6.45, 7) is 0.630. The molecule has 6 nitrogen and oxygen atoms in total. The first-order valence-electron chi connectivity index (χ1n) is 11.1. The van der Waals surface area contributed by atoms with Crippen LogP contribution in [0, 0.1) is 5.92 Å². The minimum absolute atomic E-state index is 0.0327. The van der Waals surface area contributed by atoms with Crippen LogP contribution in [0.2, 0.25) is 0 Å². The third-order valence-electron chi connectivity index (χ3n) is 7.22. The molecule has 2 heterocycles. The van der Waals surface area contributed by atoms with E-state index in [0.29, 0.717) is 6.54 Å². The molecule has 0 aromatic heterocycles. The standard InChI is InChI=1S/C25H28N2O4/c1-31-20-7-3-6-19(12-20)16-8-10-17(11-9-16)24-21-13-26(25(30)18-4-2-5-18)14-23(29)27(21)22(24)15-28/h3,6-12,18,21-22,24,28H,2,4-5,13-15H2,1H3/t21-,22+,24-/m0/s1. The Morgan fingerprint density at radius 2 is 1.90 bits per heavy atom. The first-order chi connectivity index (χ1) is 15.1. The number of ether oxygens (including phenoxy) is 1. The number of aliphatic hydroxyl groups excluding tert-OH is 1. The van der Waals surface area contributed by atoms with E-state index in [1.54, 1.807) is 16.9 Å². The molecule has 0 bridgehead atoms. The van der Waals surface area contributed by atoms with Crippen molar-refractivity contribution >= 4 is 11.8 Å². The van der Waals surface area contributed by atoms with Gasteiger partial charge in [0.05, 0.1) is 32.3 Å². The summed E-state index contributed by atoms with van der Waals surface area (Å²) >= 11 is 0. The molecule has 1 saturated carbocycles. The fourth-order valence-corrected chi connectivity index (χ4v) is 5.28. The van der Waals surface area contributed by atoms with Crippen molar-refractivity contribution in [1.82, 2.24) is 9.80 Å². The molecule has 2 aromatic carbocycles. The second-order valence-corrected chi connectivity index (χ2v) is 8.84. The molecule has 2 amide bonds. The van der Waals surface area contributed by atoms with Gasteiger partial charge in [0.1, 0.15) is 5.75 Å². The van der Waals surface area contributed by atoms with Crippen molar-refractivity contribution in [2.24, 2.45) is 5.92 Å². The lowest BCUT2D eigenvalue weighted by Crippen LogP contribution is -2.73. The lowest BCUT2D eigenvalue weighted by Gasteiger charge is -2.59. The molecule has 0 unspecified atom stereocenters. The van der Waals surface area contributed by atoms with E-state index >= 15 is 0 Å². The van der Waals surface area contributed by atoms with Crippen LogP contribution in [0.25, 0.3) is 11.1 Å². The highest BCUT2D eigenvalue weighted by molar-refractivity contribution is 5.89. The van der Waals surface area contributed by atoms with E-state index in [4.69, 9.17) is 4.74 Å². The number of fused-ring (bicyclic) bond motifs is 1. The topological polar surface area (TPSA) is 70.1 Å². The number of amides is 2. The predicted octanol–water partition coefficient (Wildman–Crippen LogP) is 2.66. The maximum Gasteiger partial charge on any atom is 0.242 e. The smallest absolute Gasteiger partial charge is 0.242 e. The van der Waals surface area contributed by atoms with E-state index < -0.39 is 0 Å². The van der Waals surface area contributed by atoms with Crippen molar-refractivity contribution < 1.29 is 19.4 Å². The van der Waals surface area contributed by atoms with Crippen LogP contribution >= 0.6 is 0 Å². The van der Waals surface area contributed by atoms with E-state index in [9.17, 15) is 14.7 Å². The van der Waals surface area contributed by atoms with Gasteiger partial charge in [-0.1, -0.05) is 42.8 Å². The van der Waals surface area contributed by atoms with Crippen molar-refractivity contribution in [3.05, 3.63) is 54.1 Å². The summed E-state index contributed by atoms with van der Waals surface area (Å²) in [4.78, 5) is 29.0. The predicted molar refractivity (Wildman–Crippen MR) is 117 cm³/mol. The Balaban J connectivity index is 1.37. The van der Waals surface area contributed by atoms with Crippen molar-refractivity contribution in [3.63, 3.8) is 0 Å². The quantitative estimate of drug-likeness (QED) is 0.808. The van der Waals surface area contributed by atoms with Crippen molar-refractivity contribution in [1.29, 1.82) is 0 Å². The number of rotatable bonds is 5. The number of carbonyl (C=O) groups excluding carboxylic acids is 2. The molecule has 3 fully saturated rings. The zero-order valence-electron chi connectivity index (χ0n) is 17.7. The minimum Gasteiger partial charge on any atom is -0.497 e. The van der Waals surface area contributed by atoms with Gasteiger partial charge in [0.2, 0.25) is 11.8 Å². The first-order valence-corrected chi connectivity index (χ1v) is 11.1. The zero-order valence-corrected chi connectivity index (χ0v) is 17.7. The van der Waals surface area contributed by atoms with Gasteiger partial charge in [0.15, 0.2) is 0 Å². The highest BCUT2D eigenvalue weighted by Gasteiger charge is 2.54. The number of methoxy groups -OCH3 is 1. The van der Waals surface area contributed by atoms with Gasteiger partial charge in [-0.15, -0.1) is 0 Å². The Bertz CT molecular complexity index is 985. The molecule has 31 heavy (non-hydrogen) atoms. The molecule has 5 rings (SSSR count). The number of hydrogen-bond acceptors (Lipinski definition) is 4. The lowest BCUT2D eigenvalue weighted by molar-refractivity contribution is -0.169. The Morgan fingerprint density at radius 3 is 2.55 bits per heavy atom. The fraction of sp³-hybridized carbons (Fsp3) is 0.440. The van der Waals surface area contributed by atoms with Gasteiger partial charge in [-0.25, -0.2) is 0 Å². The van der Waals surface area contributed by atoms with Gasteiger partial charge in [0, 0.05) is 18.4 Å². The lowest BCUT2D eigenvalue weighted by atomic mass is 9.73. The summed E-state index contributed by atoms with van der Waals surface area (Å²) in [5.74, 6) is 1.01. The Morgan fingerprint density at radius 1 is 1.13 bits per heavy atom. The van der Waals surface area contributed by atoms with Crippen LogP contribution in [0.3, 0.4) is 0 Å². The summed E-state index contributed by atoms with van der Waals surface area (Å²) in [6.07, 6.45) is 2.97. The molecule has 2 aliphatic heterocycles. The van der Waals surface area contributed by atoms with Crippen LogP contribution in [-0.2, 0) is 9.59 Å². The van der Waals surface area contributed by atoms with Gasteiger partial charge in [0.25, 0.3) is 0 Å². The molecule has 0 spiro atoms. The number of nitrogens with zero attached hydrogens (tertiary/aromatic N) is 2. The van der Waals surface area contributed by atoms with E-state index in [-0.39, 0.29) is 48.9 Å². The monoisotopic (exact) mass is 420 g/mol. The molecule has 2 aromatic rings. The number of aliphatic hydroxyl groups is 1. The highest BCUT2D eigenvalue weighted by Crippen LogP contribution is 2.44. The average Bonchev–Trinajstić information content (AvgIpc) is 2.74. The molecule has 3 atom stereocenters.